The van der Waals surface area contributed by atoms with Gasteiger partial charge in [0.25, 0.3) is 0 Å². The molecule has 0 unspecified atom stereocenters. The van der Waals surface area contributed by atoms with Crippen molar-refractivity contribution in [1.82, 2.24) is 0 Å². The van der Waals surface area contributed by atoms with Crippen molar-refractivity contribution >= 4 is 5.97 Å². The van der Waals surface area contributed by atoms with Crippen LogP contribution in [0.5, 0.6) is 11.5 Å². The lowest BCUT2D eigenvalue weighted by Gasteiger charge is -2.10. The van der Waals surface area contributed by atoms with Crippen molar-refractivity contribution in [3.8, 4) is 11.5 Å². The lowest BCUT2D eigenvalue weighted by Crippen LogP contribution is -2.08. The Morgan fingerprint density at radius 2 is 1.21 bits per heavy atom. The molecule has 3 heteroatoms. The summed E-state index contributed by atoms with van der Waals surface area (Å²) in [4.78, 5) is 12.0. The number of aromatic hydroxyl groups is 1. The van der Waals surface area contributed by atoms with Gasteiger partial charge in [0.2, 0.25) is 0 Å². The first kappa shape index (κ1) is 24.5. The maximum atomic E-state index is 12.0. The van der Waals surface area contributed by atoms with Crippen LogP contribution in [-0.4, -0.2) is 11.1 Å². The zero-order valence-electron chi connectivity index (χ0n) is 18.5. The van der Waals surface area contributed by atoms with Crippen molar-refractivity contribution in [2.75, 3.05) is 0 Å². The molecule has 0 aliphatic carbocycles. The SMILES string of the molecule is CCCCCCCCCCCCCCCCC(=O)Oc1ccc(O)c(C)c1C. The van der Waals surface area contributed by atoms with Crippen molar-refractivity contribution in [3.63, 3.8) is 0 Å². The number of phenols is 1. The average molecular weight is 391 g/mol. The number of ether oxygens (including phenoxy) is 1. The molecule has 0 atom stereocenters. The molecule has 0 aliphatic heterocycles. The number of hydrogen-bond donors (Lipinski definition) is 1. The maximum Gasteiger partial charge on any atom is 0.311 e. The minimum absolute atomic E-state index is 0.174. The van der Waals surface area contributed by atoms with Crippen LogP contribution >= 0.6 is 0 Å². The molecule has 3 nitrogen and oxygen atoms in total. The normalized spacial score (nSPS) is 11.0. The molecule has 0 amide bonds. The van der Waals surface area contributed by atoms with Gasteiger partial charge in [-0.25, -0.2) is 0 Å². The average Bonchev–Trinajstić information content (AvgIpc) is 2.68. The monoisotopic (exact) mass is 390 g/mol. The van der Waals surface area contributed by atoms with Gasteiger partial charge in [-0.3, -0.25) is 4.79 Å². The Kier molecular flexibility index (Phi) is 13.5. The Labute approximate surface area is 172 Å². The molecule has 1 aromatic carbocycles. The van der Waals surface area contributed by atoms with E-state index in [-0.39, 0.29) is 11.7 Å². The van der Waals surface area contributed by atoms with Crippen molar-refractivity contribution in [2.24, 2.45) is 0 Å². The molecule has 0 heterocycles. The van der Waals surface area contributed by atoms with E-state index in [0.717, 1.165) is 24.0 Å². The number of phenolic OH excluding ortho intramolecular Hbond substituents is 1. The number of esters is 1. The highest BCUT2D eigenvalue weighted by atomic mass is 16.5. The first-order valence-electron chi connectivity index (χ1n) is 11.6. The van der Waals surface area contributed by atoms with Gasteiger partial charge < -0.3 is 9.84 Å². The predicted octanol–water partition coefficient (Wildman–Crippen LogP) is 7.79. The Bertz CT molecular complexity index is 551. The molecule has 1 N–H and O–H groups in total. The van der Waals surface area contributed by atoms with E-state index in [0.29, 0.717) is 12.2 Å². The highest BCUT2D eigenvalue weighted by molar-refractivity contribution is 5.73. The van der Waals surface area contributed by atoms with Crippen molar-refractivity contribution in [3.05, 3.63) is 23.3 Å². The highest BCUT2D eigenvalue weighted by Gasteiger charge is 2.10. The summed E-state index contributed by atoms with van der Waals surface area (Å²) in [6, 6.07) is 3.25. The fourth-order valence-corrected chi connectivity index (χ4v) is 3.53. The van der Waals surface area contributed by atoms with E-state index in [9.17, 15) is 9.90 Å². The maximum absolute atomic E-state index is 12.0. The van der Waals surface area contributed by atoms with Crippen molar-refractivity contribution in [2.45, 2.75) is 117 Å². The number of rotatable bonds is 16. The third-order valence-corrected chi connectivity index (χ3v) is 5.67. The molecular weight excluding hydrogens is 348 g/mol. The van der Waals surface area contributed by atoms with Crippen LogP contribution in [0.1, 0.15) is 114 Å². The molecule has 0 radical (unpaired) electrons. The molecule has 0 saturated carbocycles. The molecule has 0 bridgehead atoms. The van der Waals surface area contributed by atoms with Crippen molar-refractivity contribution < 1.29 is 14.6 Å². The Morgan fingerprint density at radius 1 is 0.750 bits per heavy atom. The van der Waals surface area contributed by atoms with Gasteiger partial charge in [-0.05, 0) is 43.5 Å². The Hall–Kier alpha value is -1.51. The second-order valence-electron chi connectivity index (χ2n) is 8.15. The summed E-state index contributed by atoms with van der Waals surface area (Å²) in [7, 11) is 0. The van der Waals surface area contributed by atoms with Crippen LogP contribution in [0.25, 0.3) is 0 Å². The van der Waals surface area contributed by atoms with E-state index < -0.39 is 0 Å². The Morgan fingerprint density at radius 3 is 1.71 bits per heavy atom. The molecule has 0 spiro atoms. The van der Waals surface area contributed by atoms with Gasteiger partial charge in [-0.1, -0.05) is 90.4 Å². The molecule has 160 valence electrons. The molecule has 0 aliphatic rings. The number of carbonyl (C=O) groups excluding carboxylic acids is 1. The molecule has 0 saturated heterocycles. The van der Waals surface area contributed by atoms with E-state index in [2.05, 4.69) is 6.92 Å². The molecule has 0 aromatic heterocycles. The van der Waals surface area contributed by atoms with E-state index >= 15 is 0 Å². The predicted molar refractivity (Wildman–Crippen MR) is 118 cm³/mol. The first-order chi connectivity index (χ1) is 13.6. The zero-order valence-corrected chi connectivity index (χ0v) is 18.5. The summed E-state index contributed by atoms with van der Waals surface area (Å²) >= 11 is 0. The van der Waals surface area contributed by atoms with Gasteiger partial charge in [0.05, 0.1) is 0 Å². The third kappa shape index (κ3) is 10.7. The minimum Gasteiger partial charge on any atom is -0.508 e. The summed E-state index contributed by atoms with van der Waals surface area (Å²) in [5.74, 6) is 0.627. The van der Waals surface area contributed by atoms with Gasteiger partial charge in [0, 0.05) is 6.42 Å². The van der Waals surface area contributed by atoms with E-state index in [1.807, 2.05) is 13.8 Å². The molecule has 1 aromatic rings. The zero-order chi connectivity index (χ0) is 20.6. The first-order valence-corrected chi connectivity index (χ1v) is 11.6. The van der Waals surface area contributed by atoms with Gasteiger partial charge in [0.1, 0.15) is 11.5 Å². The number of unbranched alkanes of at least 4 members (excludes halogenated alkanes) is 13. The standard InChI is InChI=1S/C25H42O3/c1-4-5-6-7-8-9-10-11-12-13-14-15-16-17-18-25(27)28-24-20-19-23(26)21(2)22(24)3/h19-20,26H,4-18H2,1-3H3. The quantitative estimate of drug-likeness (QED) is 0.178. The largest absolute Gasteiger partial charge is 0.508 e. The lowest BCUT2D eigenvalue weighted by molar-refractivity contribution is -0.134. The van der Waals surface area contributed by atoms with Crippen LogP contribution < -0.4 is 4.74 Å². The second-order valence-corrected chi connectivity index (χ2v) is 8.15. The van der Waals surface area contributed by atoms with E-state index in [1.165, 1.54) is 77.0 Å². The van der Waals surface area contributed by atoms with Crippen LogP contribution in [0.2, 0.25) is 0 Å². The van der Waals surface area contributed by atoms with Gasteiger partial charge in [0.15, 0.2) is 0 Å². The summed E-state index contributed by atoms with van der Waals surface area (Å²) in [6.07, 6.45) is 18.8. The molecule has 1 rings (SSSR count). The van der Waals surface area contributed by atoms with E-state index in [4.69, 9.17) is 4.74 Å². The van der Waals surface area contributed by atoms with Crippen LogP contribution in [0.15, 0.2) is 12.1 Å². The number of hydrogen-bond acceptors (Lipinski definition) is 3. The second kappa shape index (κ2) is 15.4. The van der Waals surface area contributed by atoms with Crippen LogP contribution in [0.4, 0.5) is 0 Å². The van der Waals surface area contributed by atoms with Gasteiger partial charge in [-0.2, -0.15) is 0 Å². The Balaban J connectivity index is 1.95. The van der Waals surface area contributed by atoms with E-state index in [1.54, 1.807) is 12.1 Å². The minimum atomic E-state index is -0.174. The summed E-state index contributed by atoms with van der Waals surface area (Å²) in [5, 5.41) is 9.66. The fraction of sp³-hybridized carbons (Fsp3) is 0.720. The van der Waals surface area contributed by atoms with Crippen LogP contribution in [-0.2, 0) is 4.79 Å². The molecule has 28 heavy (non-hydrogen) atoms. The number of benzene rings is 1. The summed E-state index contributed by atoms with van der Waals surface area (Å²) in [6.45, 7) is 5.96. The topological polar surface area (TPSA) is 46.5 Å². The summed E-state index contributed by atoms with van der Waals surface area (Å²) in [5.41, 5.74) is 1.59. The number of carbonyl (C=O) groups is 1. The highest BCUT2D eigenvalue weighted by Crippen LogP contribution is 2.28. The van der Waals surface area contributed by atoms with Crippen molar-refractivity contribution in [1.29, 1.82) is 0 Å². The fourth-order valence-electron chi connectivity index (χ4n) is 3.53. The third-order valence-electron chi connectivity index (χ3n) is 5.67. The van der Waals surface area contributed by atoms with Gasteiger partial charge >= 0.3 is 5.97 Å². The lowest BCUT2D eigenvalue weighted by atomic mass is 10.0. The molecule has 0 fully saturated rings. The summed E-state index contributed by atoms with van der Waals surface area (Å²) < 4.78 is 5.44. The smallest absolute Gasteiger partial charge is 0.311 e. The van der Waals surface area contributed by atoms with Crippen LogP contribution in [0, 0.1) is 13.8 Å². The van der Waals surface area contributed by atoms with Crippen LogP contribution in [0.3, 0.4) is 0 Å². The molecular formula is C25H42O3. The van der Waals surface area contributed by atoms with Gasteiger partial charge in [-0.15, -0.1) is 0 Å².